The van der Waals surface area contributed by atoms with Gasteiger partial charge in [-0.3, -0.25) is 4.79 Å². The molecule has 0 bridgehead atoms. The van der Waals surface area contributed by atoms with Crippen molar-refractivity contribution < 1.29 is 9.53 Å². The summed E-state index contributed by atoms with van der Waals surface area (Å²) in [5, 5.41) is 12.4. The molecule has 4 heteroatoms. The van der Waals surface area contributed by atoms with Crippen LogP contribution in [0.25, 0.3) is 6.08 Å². The van der Waals surface area contributed by atoms with E-state index in [4.69, 9.17) is 4.74 Å². The van der Waals surface area contributed by atoms with Gasteiger partial charge in [-0.25, -0.2) is 0 Å². The molecule has 27 heavy (non-hydrogen) atoms. The number of hydrogen-bond donors (Lipinski definition) is 1. The minimum absolute atomic E-state index is 0.105. The number of carbonyl (C=O) groups is 1. The van der Waals surface area contributed by atoms with Crippen LogP contribution in [0.4, 0.5) is 0 Å². The second-order valence-electron chi connectivity index (χ2n) is 6.94. The molecule has 4 nitrogen and oxygen atoms in total. The molecule has 0 aromatic heterocycles. The van der Waals surface area contributed by atoms with E-state index in [9.17, 15) is 10.1 Å². The Morgan fingerprint density at radius 1 is 1.19 bits per heavy atom. The monoisotopic (exact) mass is 360 g/mol. The van der Waals surface area contributed by atoms with E-state index in [1.54, 1.807) is 6.08 Å². The summed E-state index contributed by atoms with van der Waals surface area (Å²) in [6.45, 7) is 2.48. The zero-order valence-electron chi connectivity index (χ0n) is 15.6. The maximum absolute atomic E-state index is 12.4. The summed E-state index contributed by atoms with van der Waals surface area (Å²) in [5.74, 6) is 0.345. The summed E-state index contributed by atoms with van der Waals surface area (Å²) in [4.78, 5) is 12.4. The van der Waals surface area contributed by atoms with Gasteiger partial charge in [0.1, 0.15) is 24.0 Å². The largest absolute Gasteiger partial charge is 0.488 e. The maximum atomic E-state index is 12.4. The first-order valence-electron chi connectivity index (χ1n) is 9.36. The number of carbonyl (C=O) groups excluding carboxylic acids is 1. The number of nitrogens with one attached hydrogen (secondary N) is 1. The second kappa shape index (κ2) is 9.05. The van der Waals surface area contributed by atoms with Crippen molar-refractivity contribution >= 4 is 12.0 Å². The van der Waals surface area contributed by atoms with E-state index in [0.29, 0.717) is 12.4 Å². The van der Waals surface area contributed by atoms with Crippen LogP contribution >= 0.6 is 0 Å². The van der Waals surface area contributed by atoms with Crippen molar-refractivity contribution in [3.8, 4) is 11.8 Å². The normalized spacial score (nSPS) is 14.6. The predicted octanol–water partition coefficient (Wildman–Crippen LogP) is 4.54. The molecular weight excluding hydrogens is 336 g/mol. The molecule has 1 amide bonds. The fourth-order valence-corrected chi connectivity index (χ4v) is 3.21. The summed E-state index contributed by atoms with van der Waals surface area (Å²) in [7, 11) is 0. The van der Waals surface area contributed by atoms with Crippen molar-refractivity contribution in [1.29, 1.82) is 5.26 Å². The van der Waals surface area contributed by atoms with Gasteiger partial charge in [0.15, 0.2) is 0 Å². The van der Waals surface area contributed by atoms with Gasteiger partial charge in [-0.1, -0.05) is 60.9 Å². The van der Waals surface area contributed by atoms with Crippen LogP contribution in [0.15, 0.2) is 54.1 Å². The summed E-state index contributed by atoms with van der Waals surface area (Å²) in [6, 6.07) is 17.8. The van der Waals surface area contributed by atoms with Gasteiger partial charge in [-0.05, 0) is 37.5 Å². The molecule has 3 rings (SSSR count). The minimum atomic E-state index is -0.308. The van der Waals surface area contributed by atoms with Crippen molar-refractivity contribution in [3.63, 3.8) is 0 Å². The molecule has 1 aliphatic carbocycles. The second-order valence-corrected chi connectivity index (χ2v) is 6.94. The van der Waals surface area contributed by atoms with Crippen LogP contribution in [0.3, 0.4) is 0 Å². The predicted molar refractivity (Wildman–Crippen MR) is 106 cm³/mol. The van der Waals surface area contributed by atoms with E-state index in [0.717, 1.165) is 36.8 Å². The molecule has 1 N–H and O–H groups in total. The highest BCUT2D eigenvalue weighted by Crippen LogP contribution is 2.23. The third-order valence-corrected chi connectivity index (χ3v) is 4.79. The first-order chi connectivity index (χ1) is 13.2. The quantitative estimate of drug-likeness (QED) is 0.608. The van der Waals surface area contributed by atoms with E-state index < -0.39 is 0 Å². The molecule has 1 fully saturated rings. The van der Waals surface area contributed by atoms with Crippen molar-refractivity contribution in [1.82, 2.24) is 5.32 Å². The van der Waals surface area contributed by atoms with Gasteiger partial charge in [0.25, 0.3) is 5.91 Å². The van der Waals surface area contributed by atoms with Crippen molar-refractivity contribution in [2.45, 2.75) is 45.3 Å². The Kier molecular flexibility index (Phi) is 6.27. The number of ether oxygens (including phenoxy) is 1. The number of para-hydroxylation sites is 1. The zero-order chi connectivity index (χ0) is 19.1. The molecular formula is C23H24N2O2. The van der Waals surface area contributed by atoms with Crippen LogP contribution in [0, 0.1) is 18.3 Å². The van der Waals surface area contributed by atoms with E-state index >= 15 is 0 Å². The third kappa shape index (κ3) is 5.21. The average Bonchev–Trinajstić information content (AvgIpc) is 3.19. The Balaban J connectivity index is 1.72. The molecule has 0 radical (unpaired) electrons. The standard InChI is InChI=1S/C23H24N2O2/c1-17-10-12-18(13-11-17)16-27-22-9-5-2-6-19(22)14-20(15-24)23(26)25-21-7-3-4-8-21/h2,5-6,9-14,21H,3-4,7-8,16H2,1H3,(H,25,26)/b20-14+. The molecule has 138 valence electrons. The molecule has 0 aliphatic heterocycles. The number of benzene rings is 2. The molecule has 0 unspecified atom stereocenters. The summed E-state index contributed by atoms with van der Waals surface area (Å²) in [6.07, 6.45) is 5.84. The highest BCUT2D eigenvalue weighted by Gasteiger charge is 2.19. The number of nitrogens with zero attached hydrogens (tertiary/aromatic N) is 1. The highest BCUT2D eigenvalue weighted by molar-refractivity contribution is 6.02. The van der Waals surface area contributed by atoms with E-state index in [-0.39, 0.29) is 17.5 Å². The molecule has 2 aromatic carbocycles. The number of hydrogen-bond acceptors (Lipinski definition) is 3. The number of rotatable bonds is 6. The van der Waals surface area contributed by atoms with Crippen LogP contribution in [0.5, 0.6) is 5.75 Å². The van der Waals surface area contributed by atoms with Crippen LogP contribution in [-0.4, -0.2) is 11.9 Å². The Morgan fingerprint density at radius 2 is 1.89 bits per heavy atom. The topological polar surface area (TPSA) is 62.1 Å². The van der Waals surface area contributed by atoms with Crippen molar-refractivity contribution in [3.05, 3.63) is 70.8 Å². The third-order valence-electron chi connectivity index (χ3n) is 4.79. The Morgan fingerprint density at radius 3 is 2.59 bits per heavy atom. The van der Waals surface area contributed by atoms with Crippen molar-refractivity contribution in [2.75, 3.05) is 0 Å². The first-order valence-corrected chi connectivity index (χ1v) is 9.36. The summed E-state index contributed by atoms with van der Waals surface area (Å²) >= 11 is 0. The van der Waals surface area contributed by atoms with Crippen molar-refractivity contribution in [2.24, 2.45) is 0 Å². The van der Waals surface area contributed by atoms with Gasteiger partial charge in [0, 0.05) is 11.6 Å². The maximum Gasteiger partial charge on any atom is 0.262 e. The van der Waals surface area contributed by atoms with Crippen LogP contribution in [-0.2, 0) is 11.4 Å². The molecule has 0 atom stereocenters. The summed E-state index contributed by atoms with van der Waals surface area (Å²) in [5.41, 5.74) is 3.10. The Labute approximate surface area is 160 Å². The smallest absolute Gasteiger partial charge is 0.262 e. The van der Waals surface area contributed by atoms with Gasteiger partial charge in [-0.15, -0.1) is 0 Å². The lowest BCUT2D eigenvalue weighted by atomic mass is 10.1. The van der Waals surface area contributed by atoms with Gasteiger partial charge in [0.2, 0.25) is 0 Å². The number of amides is 1. The Hall–Kier alpha value is -3.06. The highest BCUT2D eigenvalue weighted by atomic mass is 16.5. The molecule has 1 saturated carbocycles. The number of nitriles is 1. The molecule has 2 aromatic rings. The molecule has 0 heterocycles. The fourth-order valence-electron chi connectivity index (χ4n) is 3.21. The lowest BCUT2D eigenvalue weighted by Crippen LogP contribution is -2.33. The van der Waals surface area contributed by atoms with Gasteiger partial charge < -0.3 is 10.1 Å². The molecule has 1 aliphatic rings. The van der Waals surface area contributed by atoms with Gasteiger partial charge in [0.05, 0.1) is 0 Å². The average molecular weight is 360 g/mol. The SMILES string of the molecule is Cc1ccc(COc2ccccc2/C=C(\C#N)C(=O)NC2CCCC2)cc1. The van der Waals surface area contributed by atoms with E-state index in [2.05, 4.69) is 5.32 Å². The first kappa shape index (κ1) is 18.7. The number of aryl methyl sites for hydroxylation is 1. The molecule has 0 saturated heterocycles. The minimum Gasteiger partial charge on any atom is -0.488 e. The van der Waals surface area contributed by atoms with Gasteiger partial charge >= 0.3 is 0 Å². The Bertz CT molecular complexity index is 857. The summed E-state index contributed by atoms with van der Waals surface area (Å²) < 4.78 is 5.94. The zero-order valence-corrected chi connectivity index (χ0v) is 15.6. The van der Waals surface area contributed by atoms with Crippen LogP contribution in [0.1, 0.15) is 42.4 Å². The van der Waals surface area contributed by atoms with E-state index in [1.165, 1.54) is 5.56 Å². The molecule has 0 spiro atoms. The van der Waals surface area contributed by atoms with Gasteiger partial charge in [-0.2, -0.15) is 5.26 Å². The van der Waals surface area contributed by atoms with Crippen LogP contribution in [0.2, 0.25) is 0 Å². The van der Waals surface area contributed by atoms with Crippen LogP contribution < -0.4 is 10.1 Å². The lowest BCUT2D eigenvalue weighted by molar-refractivity contribution is -0.117. The fraction of sp³-hybridized carbons (Fsp3) is 0.304. The lowest BCUT2D eigenvalue weighted by Gasteiger charge is -2.12. The van der Waals surface area contributed by atoms with E-state index in [1.807, 2.05) is 61.5 Å².